The quantitative estimate of drug-likeness (QED) is 0.590. The third-order valence-electron chi connectivity index (χ3n) is 5.93. The number of carbonyl (C=O) groups is 2. The van der Waals surface area contributed by atoms with E-state index in [1.165, 1.54) is 0 Å². The minimum absolute atomic E-state index is 0.134. The Morgan fingerprint density at radius 2 is 1.60 bits per heavy atom. The molecule has 4 rings (SSSR count). The summed E-state index contributed by atoms with van der Waals surface area (Å²) in [7, 11) is 0. The highest BCUT2D eigenvalue weighted by Gasteiger charge is 2.30. The van der Waals surface area contributed by atoms with Crippen LogP contribution in [0.3, 0.4) is 0 Å². The highest BCUT2D eigenvalue weighted by atomic mass is 19.4. The zero-order valence-electron chi connectivity index (χ0n) is 18.5. The molecule has 0 unspecified atom stereocenters. The molecule has 1 aliphatic rings. The van der Waals surface area contributed by atoms with Gasteiger partial charge in [0, 0.05) is 42.0 Å². The Morgan fingerprint density at radius 3 is 2.20 bits per heavy atom. The molecule has 0 radical (unpaired) electrons. The number of alkyl halides is 3. The number of piperidine rings is 1. The van der Waals surface area contributed by atoms with Gasteiger partial charge in [-0.05, 0) is 61.4 Å². The Labute approximate surface area is 200 Å². The van der Waals surface area contributed by atoms with Gasteiger partial charge in [0.25, 0.3) is 11.8 Å². The Bertz CT molecular complexity index is 1260. The van der Waals surface area contributed by atoms with E-state index in [0.717, 1.165) is 29.8 Å². The number of pyridine rings is 1. The second kappa shape index (κ2) is 9.97. The Hall–Kier alpha value is -4.19. The first-order valence-electron chi connectivity index (χ1n) is 11.0. The van der Waals surface area contributed by atoms with Crippen molar-refractivity contribution in [1.29, 1.82) is 5.26 Å². The predicted molar refractivity (Wildman–Crippen MR) is 122 cm³/mol. The van der Waals surface area contributed by atoms with Crippen molar-refractivity contribution in [3.63, 3.8) is 0 Å². The molecule has 9 heteroatoms. The molecule has 3 aromatic rings. The molecule has 0 aliphatic carbocycles. The Kier molecular flexibility index (Phi) is 6.82. The van der Waals surface area contributed by atoms with Crippen LogP contribution in [0.2, 0.25) is 0 Å². The van der Waals surface area contributed by atoms with Crippen LogP contribution in [0.15, 0.2) is 66.9 Å². The summed E-state index contributed by atoms with van der Waals surface area (Å²) in [5, 5.41) is 12.1. The average Bonchev–Trinajstić information content (AvgIpc) is 2.88. The van der Waals surface area contributed by atoms with Crippen LogP contribution in [0.5, 0.6) is 0 Å². The van der Waals surface area contributed by atoms with Gasteiger partial charge < -0.3 is 10.2 Å². The first-order valence-corrected chi connectivity index (χ1v) is 11.0. The number of nitrogens with one attached hydrogen (secondary N) is 1. The summed E-state index contributed by atoms with van der Waals surface area (Å²) in [5.41, 5.74) is 1.60. The number of hydrogen-bond acceptors (Lipinski definition) is 4. The zero-order valence-corrected chi connectivity index (χ0v) is 18.5. The molecule has 0 saturated carbocycles. The molecule has 1 N–H and O–H groups in total. The van der Waals surface area contributed by atoms with E-state index in [2.05, 4.69) is 16.4 Å². The molecular weight excluding hydrogens is 457 g/mol. The molecule has 1 aliphatic heterocycles. The van der Waals surface area contributed by atoms with Gasteiger partial charge in [-0.1, -0.05) is 12.1 Å². The van der Waals surface area contributed by atoms with Gasteiger partial charge in [0.05, 0.1) is 16.8 Å². The third-order valence-corrected chi connectivity index (χ3v) is 5.93. The van der Waals surface area contributed by atoms with Gasteiger partial charge in [-0.2, -0.15) is 18.4 Å². The molecule has 0 bridgehead atoms. The Balaban J connectivity index is 1.32. The molecule has 0 atom stereocenters. The highest BCUT2D eigenvalue weighted by molar-refractivity contribution is 5.95. The van der Waals surface area contributed by atoms with Gasteiger partial charge in [0.2, 0.25) is 0 Å². The summed E-state index contributed by atoms with van der Waals surface area (Å²) in [6.07, 6.45) is -1.77. The molecule has 1 aromatic heterocycles. The van der Waals surface area contributed by atoms with E-state index in [0.29, 0.717) is 42.8 Å². The monoisotopic (exact) mass is 478 g/mol. The number of rotatable bonds is 4. The van der Waals surface area contributed by atoms with Crippen LogP contribution in [-0.2, 0) is 6.18 Å². The topological polar surface area (TPSA) is 86.1 Å². The maximum absolute atomic E-state index is 12.9. The molecule has 1 fully saturated rings. The van der Waals surface area contributed by atoms with Crippen molar-refractivity contribution in [1.82, 2.24) is 15.2 Å². The van der Waals surface area contributed by atoms with E-state index in [9.17, 15) is 28.0 Å². The fraction of sp³-hybridized carbons (Fsp3) is 0.231. The lowest BCUT2D eigenvalue weighted by atomic mass is 10.0. The minimum Gasteiger partial charge on any atom is -0.349 e. The first kappa shape index (κ1) is 24.0. The lowest BCUT2D eigenvalue weighted by molar-refractivity contribution is -0.137. The molecular formula is C26H21F3N4O2. The van der Waals surface area contributed by atoms with Crippen molar-refractivity contribution in [2.45, 2.75) is 25.1 Å². The van der Waals surface area contributed by atoms with Crippen LogP contribution >= 0.6 is 0 Å². The van der Waals surface area contributed by atoms with Crippen LogP contribution in [0.1, 0.15) is 44.7 Å². The lowest BCUT2D eigenvalue weighted by Crippen LogP contribution is -2.46. The molecule has 0 spiro atoms. The van der Waals surface area contributed by atoms with E-state index >= 15 is 0 Å². The fourth-order valence-corrected chi connectivity index (χ4v) is 3.99. The molecule has 35 heavy (non-hydrogen) atoms. The van der Waals surface area contributed by atoms with Gasteiger partial charge in [0.1, 0.15) is 6.07 Å². The summed E-state index contributed by atoms with van der Waals surface area (Å²) in [4.78, 5) is 31.3. The van der Waals surface area contributed by atoms with Gasteiger partial charge in [-0.25, -0.2) is 0 Å². The van der Waals surface area contributed by atoms with Crippen molar-refractivity contribution in [3.05, 3.63) is 89.1 Å². The van der Waals surface area contributed by atoms with Crippen LogP contribution in [0.25, 0.3) is 11.3 Å². The Morgan fingerprint density at radius 1 is 0.971 bits per heavy atom. The summed E-state index contributed by atoms with van der Waals surface area (Å²) in [6.45, 7) is 0.884. The van der Waals surface area contributed by atoms with E-state index in [1.807, 2.05) is 0 Å². The number of nitriles is 1. The van der Waals surface area contributed by atoms with Gasteiger partial charge in [-0.3, -0.25) is 14.6 Å². The van der Waals surface area contributed by atoms with Crippen molar-refractivity contribution in [3.8, 4) is 17.3 Å². The largest absolute Gasteiger partial charge is 0.416 e. The molecule has 178 valence electrons. The number of carbonyl (C=O) groups excluding carboxylic acids is 2. The lowest BCUT2D eigenvalue weighted by Gasteiger charge is -2.32. The summed E-state index contributed by atoms with van der Waals surface area (Å²) < 4.78 is 38.1. The zero-order chi connectivity index (χ0) is 25.0. The minimum atomic E-state index is -4.45. The number of amides is 2. The number of hydrogen-bond donors (Lipinski definition) is 1. The summed E-state index contributed by atoms with van der Waals surface area (Å²) in [5.74, 6) is -0.573. The van der Waals surface area contributed by atoms with Gasteiger partial charge in [0.15, 0.2) is 0 Å². The molecule has 2 amide bonds. The van der Waals surface area contributed by atoms with Crippen LogP contribution in [-0.4, -0.2) is 40.8 Å². The number of nitrogens with zero attached hydrogens (tertiary/aromatic N) is 3. The second-order valence-corrected chi connectivity index (χ2v) is 8.20. The van der Waals surface area contributed by atoms with Crippen molar-refractivity contribution >= 4 is 11.8 Å². The average molecular weight is 478 g/mol. The summed E-state index contributed by atoms with van der Waals surface area (Å²) in [6, 6.07) is 16.3. The van der Waals surface area contributed by atoms with Crippen molar-refractivity contribution in [2.75, 3.05) is 13.1 Å². The van der Waals surface area contributed by atoms with Crippen molar-refractivity contribution < 1.29 is 22.8 Å². The van der Waals surface area contributed by atoms with E-state index in [-0.39, 0.29) is 17.5 Å². The van der Waals surface area contributed by atoms with Gasteiger partial charge >= 0.3 is 6.18 Å². The first-order chi connectivity index (χ1) is 16.8. The SMILES string of the molecule is N#Cc1cccnc1-c1ccc(C(=O)N2CCC(NC(=O)c3ccc(C(F)(F)F)cc3)CC2)cc1. The maximum Gasteiger partial charge on any atom is 0.416 e. The molecule has 2 aromatic carbocycles. The normalized spacial score (nSPS) is 14.3. The predicted octanol–water partition coefficient (Wildman–Crippen LogP) is 4.67. The smallest absolute Gasteiger partial charge is 0.349 e. The number of likely N-dealkylation sites (tertiary alicyclic amines) is 1. The van der Waals surface area contributed by atoms with Crippen LogP contribution in [0, 0.1) is 11.3 Å². The number of benzene rings is 2. The number of aromatic nitrogens is 1. The standard InChI is InChI=1S/C26H21F3N4O2/c27-26(28,29)21-9-7-18(8-10-21)24(34)32-22-11-14-33(15-12-22)25(35)19-5-3-17(4-6-19)23-20(16-30)2-1-13-31-23/h1-10,13,22H,11-12,14-15H2,(H,32,34). The number of halogens is 3. The molecule has 6 nitrogen and oxygen atoms in total. The summed E-state index contributed by atoms with van der Waals surface area (Å²) >= 11 is 0. The second-order valence-electron chi connectivity index (χ2n) is 8.20. The van der Waals surface area contributed by atoms with Crippen molar-refractivity contribution in [2.24, 2.45) is 0 Å². The van der Waals surface area contributed by atoms with Crippen LogP contribution in [0.4, 0.5) is 13.2 Å². The van der Waals surface area contributed by atoms with E-state index in [4.69, 9.17) is 0 Å². The molecule has 1 saturated heterocycles. The highest BCUT2D eigenvalue weighted by Crippen LogP contribution is 2.29. The third kappa shape index (κ3) is 5.49. The van der Waals surface area contributed by atoms with E-state index in [1.54, 1.807) is 47.5 Å². The molecule has 2 heterocycles. The van der Waals surface area contributed by atoms with Crippen LogP contribution < -0.4 is 5.32 Å². The van der Waals surface area contributed by atoms with Gasteiger partial charge in [-0.15, -0.1) is 0 Å². The fourth-order valence-electron chi connectivity index (χ4n) is 3.99. The maximum atomic E-state index is 12.9. The van der Waals surface area contributed by atoms with E-state index < -0.39 is 17.6 Å².